The van der Waals surface area contributed by atoms with Gasteiger partial charge in [-0.3, -0.25) is 4.98 Å². The van der Waals surface area contributed by atoms with Crippen LogP contribution >= 0.6 is 0 Å². The minimum atomic E-state index is -0.897. The molecule has 0 radical (unpaired) electrons. The molecule has 6 rings (SSSR count). The molecule has 4 aromatic carbocycles. The Labute approximate surface area is 238 Å². The third-order valence-electron chi connectivity index (χ3n) is 7.10. The van der Waals surface area contributed by atoms with Gasteiger partial charge in [0.15, 0.2) is 17.0 Å². The number of hydrogen-bond donors (Lipinski definition) is 1. The number of ether oxygens (including phenoxy) is 2. The molecule has 0 bridgehead atoms. The topological polar surface area (TPSA) is 101 Å². The van der Waals surface area contributed by atoms with E-state index in [0.717, 1.165) is 22.3 Å². The molecule has 0 fully saturated rings. The van der Waals surface area contributed by atoms with Gasteiger partial charge in [0.25, 0.3) is 0 Å². The maximum Gasteiger partial charge on any atom is 0.207 e. The summed E-state index contributed by atoms with van der Waals surface area (Å²) in [5.74, 6) is 1.60. The summed E-state index contributed by atoms with van der Waals surface area (Å²) in [7, 11) is 3.20. The van der Waals surface area contributed by atoms with Gasteiger partial charge in [0.1, 0.15) is 0 Å². The van der Waals surface area contributed by atoms with Gasteiger partial charge in [-0.1, -0.05) is 91.0 Å². The van der Waals surface area contributed by atoms with E-state index in [1.54, 1.807) is 25.2 Å². The maximum absolute atomic E-state index is 6.22. The average Bonchev–Trinajstić information content (AvgIpc) is 3.53. The van der Waals surface area contributed by atoms with Gasteiger partial charge in [0, 0.05) is 5.56 Å². The van der Waals surface area contributed by atoms with Crippen molar-refractivity contribution in [1.29, 1.82) is 0 Å². The van der Waals surface area contributed by atoms with E-state index in [0.29, 0.717) is 34.3 Å². The van der Waals surface area contributed by atoms with Crippen LogP contribution in [-0.2, 0) is 5.54 Å². The Morgan fingerprint density at radius 2 is 1.24 bits per heavy atom. The van der Waals surface area contributed by atoms with Crippen LogP contribution in [0.2, 0.25) is 0 Å². The molecule has 0 saturated carbocycles. The first-order valence-corrected chi connectivity index (χ1v) is 13.1. The summed E-state index contributed by atoms with van der Waals surface area (Å²) in [5.41, 5.74) is 10.9. The van der Waals surface area contributed by atoms with Crippen LogP contribution in [0.15, 0.2) is 121 Å². The number of benzene rings is 4. The van der Waals surface area contributed by atoms with E-state index in [1.165, 1.54) is 0 Å². The van der Waals surface area contributed by atoms with E-state index < -0.39 is 5.54 Å². The number of tetrazole rings is 1. The van der Waals surface area contributed by atoms with Crippen molar-refractivity contribution in [3.05, 3.63) is 138 Å². The second-order valence-electron chi connectivity index (χ2n) is 9.45. The van der Waals surface area contributed by atoms with Crippen molar-refractivity contribution in [3.8, 4) is 34.1 Å². The zero-order chi connectivity index (χ0) is 28.2. The summed E-state index contributed by atoms with van der Waals surface area (Å²) in [5, 5.41) is 14.3. The van der Waals surface area contributed by atoms with Crippen molar-refractivity contribution in [2.45, 2.75) is 5.54 Å². The zero-order valence-corrected chi connectivity index (χ0v) is 22.7. The van der Waals surface area contributed by atoms with Crippen LogP contribution in [0.5, 0.6) is 11.5 Å². The quantitative estimate of drug-likeness (QED) is 0.242. The Kier molecular flexibility index (Phi) is 6.87. The van der Waals surface area contributed by atoms with E-state index in [4.69, 9.17) is 20.3 Å². The Morgan fingerprint density at radius 1 is 0.683 bits per heavy atom. The molecule has 0 aliphatic rings. The van der Waals surface area contributed by atoms with Crippen LogP contribution in [0.1, 0.15) is 16.7 Å². The number of hydrogen-bond acceptors (Lipinski definition) is 7. The van der Waals surface area contributed by atoms with Gasteiger partial charge < -0.3 is 15.2 Å². The number of anilines is 1. The van der Waals surface area contributed by atoms with E-state index in [9.17, 15) is 0 Å². The van der Waals surface area contributed by atoms with Crippen molar-refractivity contribution in [2.24, 2.45) is 0 Å². The average molecular weight is 541 g/mol. The summed E-state index contributed by atoms with van der Waals surface area (Å²) < 4.78 is 11.0. The second-order valence-corrected chi connectivity index (χ2v) is 9.45. The number of nitrogens with two attached hydrogens (primary N) is 1. The Hall–Kier alpha value is -5.50. The first-order chi connectivity index (χ1) is 20.1. The van der Waals surface area contributed by atoms with Crippen LogP contribution in [0, 0.1) is 0 Å². The fourth-order valence-corrected chi connectivity index (χ4v) is 5.21. The van der Waals surface area contributed by atoms with Crippen molar-refractivity contribution < 1.29 is 9.47 Å². The first kappa shape index (κ1) is 25.8. The normalized spacial score (nSPS) is 11.3. The molecular weight excluding hydrogens is 512 g/mol. The number of aromatic nitrogens is 5. The van der Waals surface area contributed by atoms with Gasteiger partial charge in [-0.15, -0.1) is 15.0 Å². The van der Waals surface area contributed by atoms with Gasteiger partial charge >= 0.3 is 0 Å². The molecule has 0 saturated heterocycles. The third kappa shape index (κ3) is 4.55. The molecular formula is C33H28N6O2. The molecule has 0 aliphatic heterocycles. The monoisotopic (exact) mass is 540 g/mol. The highest BCUT2D eigenvalue weighted by molar-refractivity contribution is 5.80. The van der Waals surface area contributed by atoms with E-state index in [1.807, 2.05) is 78.9 Å². The minimum absolute atomic E-state index is 0.391. The molecule has 2 N–H and O–H groups in total. The molecule has 0 unspecified atom stereocenters. The van der Waals surface area contributed by atoms with Crippen LogP contribution in [0.4, 0.5) is 5.69 Å². The molecule has 8 heteroatoms. The van der Waals surface area contributed by atoms with Gasteiger partial charge in [-0.05, 0) is 46.2 Å². The standard InChI is InChI=1S/C33H28N6O2/c1-40-29-19-18-23(20-30(29)41-2)31-28(21-27(34)22-35-31)32-36-38-39(37-32)33(24-12-6-3-7-13-24,25-14-8-4-9-15-25)26-16-10-5-11-17-26/h3-22H,34H2,1-2H3. The van der Waals surface area contributed by atoms with Crippen LogP contribution < -0.4 is 15.2 Å². The minimum Gasteiger partial charge on any atom is -0.493 e. The van der Waals surface area contributed by atoms with Gasteiger partial charge in [0.05, 0.1) is 37.4 Å². The highest BCUT2D eigenvalue weighted by Crippen LogP contribution is 2.41. The lowest BCUT2D eigenvalue weighted by Crippen LogP contribution is -2.39. The van der Waals surface area contributed by atoms with Gasteiger partial charge in [-0.25, -0.2) is 0 Å². The van der Waals surface area contributed by atoms with E-state index >= 15 is 0 Å². The molecule has 0 aliphatic carbocycles. The lowest BCUT2D eigenvalue weighted by molar-refractivity contribution is 0.355. The third-order valence-corrected chi connectivity index (χ3v) is 7.10. The van der Waals surface area contributed by atoms with Crippen molar-refractivity contribution in [2.75, 3.05) is 20.0 Å². The van der Waals surface area contributed by atoms with Crippen molar-refractivity contribution in [1.82, 2.24) is 25.2 Å². The predicted molar refractivity (Wildman–Crippen MR) is 159 cm³/mol. The Balaban J connectivity index is 1.58. The van der Waals surface area contributed by atoms with Gasteiger partial charge in [0.2, 0.25) is 5.82 Å². The summed E-state index contributed by atoms with van der Waals surface area (Å²) in [6.07, 6.45) is 1.61. The largest absolute Gasteiger partial charge is 0.493 e. The van der Waals surface area contributed by atoms with Crippen LogP contribution in [0.3, 0.4) is 0 Å². The molecule has 0 amide bonds. The fraction of sp³-hybridized carbons (Fsp3) is 0.0909. The maximum atomic E-state index is 6.22. The molecule has 8 nitrogen and oxygen atoms in total. The first-order valence-electron chi connectivity index (χ1n) is 13.1. The highest BCUT2D eigenvalue weighted by atomic mass is 16.5. The zero-order valence-electron chi connectivity index (χ0n) is 22.7. The number of methoxy groups -OCH3 is 2. The smallest absolute Gasteiger partial charge is 0.207 e. The summed E-state index contributed by atoms with van der Waals surface area (Å²) >= 11 is 0. The Morgan fingerprint density at radius 3 is 1.78 bits per heavy atom. The number of pyridine rings is 1. The summed E-state index contributed by atoms with van der Waals surface area (Å²) in [6, 6.07) is 38.0. The fourth-order valence-electron chi connectivity index (χ4n) is 5.21. The van der Waals surface area contributed by atoms with E-state index in [-0.39, 0.29) is 0 Å². The second kappa shape index (κ2) is 10.9. The summed E-state index contributed by atoms with van der Waals surface area (Å²) in [4.78, 5) is 6.35. The molecule has 202 valence electrons. The number of rotatable bonds is 8. The molecule has 2 heterocycles. The lowest BCUT2D eigenvalue weighted by atomic mass is 9.77. The van der Waals surface area contributed by atoms with Crippen molar-refractivity contribution >= 4 is 5.69 Å². The lowest BCUT2D eigenvalue weighted by Gasteiger charge is -2.34. The van der Waals surface area contributed by atoms with Crippen LogP contribution in [-0.4, -0.2) is 39.4 Å². The molecule has 0 spiro atoms. The molecule has 41 heavy (non-hydrogen) atoms. The molecule has 2 aromatic heterocycles. The molecule has 6 aromatic rings. The van der Waals surface area contributed by atoms with Crippen LogP contribution in [0.25, 0.3) is 22.6 Å². The van der Waals surface area contributed by atoms with Gasteiger partial charge in [-0.2, -0.15) is 0 Å². The summed E-state index contributed by atoms with van der Waals surface area (Å²) in [6.45, 7) is 0. The molecule has 0 atom stereocenters. The highest BCUT2D eigenvalue weighted by Gasteiger charge is 2.41. The Bertz CT molecular complexity index is 1680. The SMILES string of the molecule is COc1ccc(-c2ncc(N)cc2-c2nnn(C(c3ccccc3)(c3ccccc3)c3ccccc3)n2)cc1OC. The van der Waals surface area contributed by atoms with Crippen molar-refractivity contribution in [3.63, 3.8) is 0 Å². The number of nitrogens with zero attached hydrogens (tertiary/aromatic N) is 5. The predicted octanol–water partition coefficient (Wildman–Crippen LogP) is 5.84. The number of nitrogen functional groups attached to an aromatic ring is 1. The van der Waals surface area contributed by atoms with E-state index in [2.05, 4.69) is 51.7 Å².